The summed E-state index contributed by atoms with van der Waals surface area (Å²) < 4.78 is 0. The summed E-state index contributed by atoms with van der Waals surface area (Å²) in [6, 6.07) is 11.4. The van der Waals surface area contributed by atoms with Crippen LogP contribution in [0.3, 0.4) is 0 Å². The standard InChI is InChI=1S/C21H29N5O2S/c1-22-21(24-12-6-11-23-19(27)18-9-5-14-29-18)25-13-10-16-7-4-8-17(15-16)20(28)26(2)3/h4-5,7-9,14-15H,6,10-13H2,1-3H3,(H,23,27)(H2,22,24,25). The molecule has 156 valence electrons. The second-order valence-electron chi connectivity index (χ2n) is 6.66. The van der Waals surface area contributed by atoms with Gasteiger partial charge >= 0.3 is 0 Å². The number of thiophene rings is 1. The summed E-state index contributed by atoms with van der Waals surface area (Å²) in [6.45, 7) is 2.01. The van der Waals surface area contributed by atoms with Crippen LogP contribution >= 0.6 is 11.3 Å². The molecule has 3 N–H and O–H groups in total. The number of aliphatic imine (C=N–C) groups is 1. The molecule has 0 bridgehead atoms. The van der Waals surface area contributed by atoms with Gasteiger partial charge in [0.05, 0.1) is 4.88 Å². The highest BCUT2D eigenvalue weighted by molar-refractivity contribution is 7.12. The molecule has 1 aromatic carbocycles. The van der Waals surface area contributed by atoms with Gasteiger partial charge in [-0.3, -0.25) is 14.6 Å². The minimum atomic E-state index is -0.0301. The number of rotatable bonds is 9. The zero-order valence-corrected chi connectivity index (χ0v) is 18.0. The Hall–Kier alpha value is -2.87. The van der Waals surface area contributed by atoms with Crippen molar-refractivity contribution in [2.45, 2.75) is 12.8 Å². The van der Waals surface area contributed by atoms with E-state index in [9.17, 15) is 9.59 Å². The summed E-state index contributed by atoms with van der Waals surface area (Å²) in [4.78, 5) is 30.4. The van der Waals surface area contributed by atoms with E-state index in [1.54, 1.807) is 26.0 Å². The van der Waals surface area contributed by atoms with E-state index >= 15 is 0 Å². The van der Waals surface area contributed by atoms with Crippen LogP contribution in [0.1, 0.15) is 32.0 Å². The van der Waals surface area contributed by atoms with Gasteiger partial charge in [-0.25, -0.2) is 0 Å². The largest absolute Gasteiger partial charge is 0.356 e. The van der Waals surface area contributed by atoms with Gasteiger partial charge in [0.15, 0.2) is 5.96 Å². The first-order valence-corrected chi connectivity index (χ1v) is 10.5. The first-order chi connectivity index (χ1) is 14.0. The van der Waals surface area contributed by atoms with Crippen LogP contribution < -0.4 is 16.0 Å². The molecule has 8 heteroatoms. The van der Waals surface area contributed by atoms with Crippen LogP contribution in [0.25, 0.3) is 0 Å². The number of benzene rings is 1. The van der Waals surface area contributed by atoms with Crippen molar-refractivity contribution in [2.24, 2.45) is 4.99 Å². The van der Waals surface area contributed by atoms with Crippen LogP contribution in [0.5, 0.6) is 0 Å². The number of amides is 2. The van der Waals surface area contributed by atoms with E-state index in [0.29, 0.717) is 25.2 Å². The Kier molecular flexibility index (Phi) is 9.17. The summed E-state index contributed by atoms with van der Waals surface area (Å²) in [5.41, 5.74) is 1.79. The van der Waals surface area contributed by atoms with E-state index in [2.05, 4.69) is 20.9 Å². The Morgan fingerprint density at radius 2 is 1.79 bits per heavy atom. The summed E-state index contributed by atoms with van der Waals surface area (Å²) in [6.07, 6.45) is 1.58. The fraction of sp³-hybridized carbons (Fsp3) is 0.381. The van der Waals surface area contributed by atoms with Crippen LogP contribution in [0.2, 0.25) is 0 Å². The van der Waals surface area contributed by atoms with Crippen molar-refractivity contribution in [3.63, 3.8) is 0 Å². The lowest BCUT2D eigenvalue weighted by Gasteiger charge is -2.13. The molecule has 0 saturated heterocycles. The third kappa shape index (κ3) is 7.57. The average molecular weight is 416 g/mol. The van der Waals surface area contributed by atoms with Crippen molar-refractivity contribution < 1.29 is 9.59 Å². The lowest BCUT2D eigenvalue weighted by Crippen LogP contribution is -2.39. The molecule has 29 heavy (non-hydrogen) atoms. The van der Waals surface area contributed by atoms with Gasteiger partial charge in [0, 0.05) is 46.3 Å². The molecule has 0 saturated carbocycles. The van der Waals surface area contributed by atoms with E-state index in [1.165, 1.54) is 11.3 Å². The Balaban J connectivity index is 1.66. The maximum Gasteiger partial charge on any atom is 0.261 e. The SMILES string of the molecule is CN=C(NCCCNC(=O)c1cccs1)NCCc1cccc(C(=O)N(C)C)c1. The Morgan fingerprint density at radius 1 is 1.03 bits per heavy atom. The maximum absolute atomic E-state index is 12.1. The second-order valence-corrected chi connectivity index (χ2v) is 7.61. The van der Waals surface area contributed by atoms with Crippen LogP contribution in [-0.2, 0) is 6.42 Å². The van der Waals surface area contributed by atoms with Crippen molar-refractivity contribution in [3.05, 3.63) is 57.8 Å². The van der Waals surface area contributed by atoms with Crippen molar-refractivity contribution in [1.29, 1.82) is 0 Å². The van der Waals surface area contributed by atoms with Gasteiger partial charge in [-0.1, -0.05) is 18.2 Å². The number of carbonyl (C=O) groups is 2. The minimum absolute atomic E-state index is 0.00320. The van der Waals surface area contributed by atoms with Gasteiger partial charge in [0.1, 0.15) is 0 Å². The summed E-state index contributed by atoms with van der Waals surface area (Å²) in [7, 11) is 5.23. The Labute approximate surface area is 176 Å². The number of nitrogens with zero attached hydrogens (tertiary/aromatic N) is 2. The van der Waals surface area contributed by atoms with Crippen molar-refractivity contribution >= 4 is 29.1 Å². The molecule has 2 aromatic rings. The first-order valence-electron chi connectivity index (χ1n) is 9.58. The molecule has 0 aliphatic carbocycles. The van der Waals surface area contributed by atoms with E-state index in [-0.39, 0.29) is 11.8 Å². The van der Waals surface area contributed by atoms with E-state index in [4.69, 9.17) is 0 Å². The number of carbonyl (C=O) groups excluding carboxylic acids is 2. The topological polar surface area (TPSA) is 85.8 Å². The summed E-state index contributed by atoms with van der Waals surface area (Å²) >= 11 is 1.44. The molecule has 2 amide bonds. The smallest absolute Gasteiger partial charge is 0.261 e. The van der Waals surface area contributed by atoms with Gasteiger partial charge in [-0.2, -0.15) is 0 Å². The van der Waals surface area contributed by atoms with Crippen molar-refractivity contribution in [3.8, 4) is 0 Å². The molecule has 0 radical (unpaired) electrons. The quantitative estimate of drug-likeness (QED) is 0.332. The van der Waals surface area contributed by atoms with Crippen LogP contribution in [0.4, 0.5) is 0 Å². The molecule has 0 atom stereocenters. The minimum Gasteiger partial charge on any atom is -0.356 e. The van der Waals surface area contributed by atoms with Crippen LogP contribution in [-0.4, -0.2) is 63.5 Å². The molecular weight excluding hydrogens is 386 g/mol. The highest BCUT2D eigenvalue weighted by Crippen LogP contribution is 2.08. The number of hydrogen-bond donors (Lipinski definition) is 3. The van der Waals surface area contributed by atoms with Crippen LogP contribution in [0.15, 0.2) is 46.8 Å². The van der Waals surface area contributed by atoms with E-state index < -0.39 is 0 Å². The molecule has 2 rings (SSSR count). The normalized spacial score (nSPS) is 11.1. The third-order valence-corrected chi connectivity index (χ3v) is 5.05. The molecular formula is C21H29N5O2S. The number of nitrogens with one attached hydrogen (secondary N) is 3. The first kappa shape index (κ1) is 22.4. The summed E-state index contributed by atoms with van der Waals surface area (Å²) in [5, 5.41) is 11.3. The van der Waals surface area contributed by atoms with Crippen molar-refractivity contribution in [2.75, 3.05) is 40.8 Å². The third-order valence-electron chi connectivity index (χ3n) is 4.19. The number of guanidine groups is 1. The molecule has 1 aromatic heterocycles. The van der Waals surface area contributed by atoms with Gasteiger partial charge in [0.25, 0.3) is 11.8 Å². The predicted molar refractivity (Wildman–Crippen MR) is 119 cm³/mol. The lowest BCUT2D eigenvalue weighted by atomic mass is 10.1. The molecule has 0 aliphatic heterocycles. The molecule has 1 heterocycles. The lowest BCUT2D eigenvalue weighted by molar-refractivity contribution is 0.0827. The average Bonchev–Trinajstić information content (AvgIpc) is 3.26. The highest BCUT2D eigenvalue weighted by Gasteiger charge is 2.08. The van der Waals surface area contributed by atoms with Crippen molar-refractivity contribution in [1.82, 2.24) is 20.9 Å². The summed E-state index contributed by atoms with van der Waals surface area (Å²) in [5.74, 6) is 0.691. The molecule has 0 aliphatic rings. The zero-order chi connectivity index (χ0) is 21.1. The van der Waals surface area contributed by atoms with Gasteiger partial charge in [-0.15, -0.1) is 11.3 Å². The molecule has 7 nitrogen and oxygen atoms in total. The van der Waals surface area contributed by atoms with E-state index in [1.807, 2.05) is 41.8 Å². The molecule has 0 fully saturated rings. The molecule has 0 unspecified atom stereocenters. The van der Waals surface area contributed by atoms with Crippen LogP contribution in [0, 0.1) is 0 Å². The van der Waals surface area contributed by atoms with E-state index in [0.717, 1.165) is 29.2 Å². The zero-order valence-electron chi connectivity index (χ0n) is 17.2. The Bertz CT molecular complexity index is 818. The van der Waals surface area contributed by atoms with Gasteiger partial charge in [-0.05, 0) is 42.0 Å². The fourth-order valence-corrected chi connectivity index (χ4v) is 3.30. The highest BCUT2D eigenvalue weighted by atomic mass is 32.1. The van der Waals surface area contributed by atoms with Gasteiger partial charge < -0.3 is 20.9 Å². The monoisotopic (exact) mass is 415 g/mol. The number of hydrogen-bond acceptors (Lipinski definition) is 4. The maximum atomic E-state index is 12.1. The van der Waals surface area contributed by atoms with Gasteiger partial charge in [0.2, 0.25) is 0 Å². The molecule has 0 spiro atoms. The Morgan fingerprint density at radius 3 is 2.48 bits per heavy atom. The second kappa shape index (κ2) is 11.9. The fourth-order valence-electron chi connectivity index (χ4n) is 2.66. The predicted octanol–water partition coefficient (Wildman–Crippen LogP) is 1.98.